The summed E-state index contributed by atoms with van der Waals surface area (Å²) in [6.45, 7) is 14.0. The second kappa shape index (κ2) is 16.6. The van der Waals surface area contributed by atoms with Crippen LogP contribution in [0.15, 0.2) is 72.8 Å². The molecule has 0 saturated heterocycles. The van der Waals surface area contributed by atoms with E-state index < -0.39 is 17.0 Å². The minimum absolute atomic E-state index is 0.0206. The topological polar surface area (TPSA) is 0 Å². The molecule has 0 N–H and O–H groups in total. The molecule has 0 spiro atoms. The molecule has 35 heavy (non-hydrogen) atoms. The molecular weight excluding hydrogens is 541 g/mol. The third-order valence-electron chi connectivity index (χ3n) is 5.97. The summed E-state index contributed by atoms with van der Waals surface area (Å²) in [4.78, 5) is 0. The van der Waals surface area contributed by atoms with E-state index in [-0.39, 0.29) is 15.8 Å². The molecule has 0 aliphatic heterocycles. The van der Waals surface area contributed by atoms with E-state index in [1.807, 2.05) is 0 Å². The van der Waals surface area contributed by atoms with Gasteiger partial charge < -0.3 is 0 Å². The summed E-state index contributed by atoms with van der Waals surface area (Å²) < 4.78 is 0. The van der Waals surface area contributed by atoms with Gasteiger partial charge in [0.25, 0.3) is 0 Å². The van der Waals surface area contributed by atoms with Crippen LogP contribution in [0.3, 0.4) is 0 Å². The van der Waals surface area contributed by atoms with Crippen molar-refractivity contribution in [3.05, 3.63) is 72.8 Å². The Morgan fingerprint density at radius 2 is 1.11 bits per heavy atom. The second-order valence-electron chi connectivity index (χ2n) is 9.34. The summed E-state index contributed by atoms with van der Waals surface area (Å²) in [5.41, 5.74) is 1.54. The summed E-state index contributed by atoms with van der Waals surface area (Å²) >= 11 is -0.556. The van der Waals surface area contributed by atoms with E-state index in [0.717, 1.165) is 11.3 Å². The molecule has 190 valence electrons. The molecule has 0 heterocycles. The molecule has 0 aliphatic carbocycles. The van der Waals surface area contributed by atoms with Crippen LogP contribution in [-0.4, -0.2) is 23.6 Å². The monoisotopic (exact) mass is 580 g/mol. The third-order valence-corrected chi connectivity index (χ3v) is 12.0. The fraction of sp³-hybridized carbons (Fsp3) is 0.400. The van der Waals surface area contributed by atoms with E-state index >= 15 is 0 Å². The van der Waals surface area contributed by atoms with Crippen LogP contribution in [0.1, 0.15) is 54.4 Å². The van der Waals surface area contributed by atoms with Gasteiger partial charge in [-0.25, -0.2) is 0 Å². The van der Waals surface area contributed by atoms with E-state index in [1.54, 1.807) is 10.6 Å². The van der Waals surface area contributed by atoms with Gasteiger partial charge >= 0.3 is 35.6 Å². The Bertz CT molecular complexity index is 1040. The predicted molar refractivity (Wildman–Crippen MR) is 164 cm³/mol. The minimum atomic E-state index is -0.556. The molecule has 0 unspecified atom stereocenters. The molecule has 0 saturated carbocycles. The maximum absolute atomic E-state index is 4.89. The first-order valence-corrected chi connectivity index (χ1v) is 20.2. The van der Waals surface area contributed by atoms with Gasteiger partial charge in [0, 0.05) is 0 Å². The first kappa shape index (κ1) is 31.0. The van der Waals surface area contributed by atoms with Gasteiger partial charge in [0.2, 0.25) is 0 Å². The van der Waals surface area contributed by atoms with E-state index in [1.165, 1.54) is 46.7 Å². The third kappa shape index (κ3) is 9.57. The van der Waals surface area contributed by atoms with Crippen molar-refractivity contribution in [1.29, 1.82) is 0 Å². The molecule has 0 atom stereocenters. The molecule has 0 amide bonds. The first-order valence-electron chi connectivity index (χ1n) is 12.7. The number of hydrogen-bond acceptors (Lipinski definition) is 0. The van der Waals surface area contributed by atoms with Gasteiger partial charge in [0.15, 0.2) is 0 Å². The van der Waals surface area contributed by atoms with Gasteiger partial charge in [-0.1, -0.05) is 82.4 Å². The Balaban J connectivity index is 0.000000222. The van der Waals surface area contributed by atoms with E-state index in [0.29, 0.717) is 0 Å². The van der Waals surface area contributed by atoms with Crippen LogP contribution in [0.5, 0.6) is 0 Å². The Morgan fingerprint density at radius 3 is 1.51 bits per heavy atom. The maximum atomic E-state index is 4.89. The molecule has 4 aromatic rings. The molecule has 0 radical (unpaired) electrons. The summed E-state index contributed by atoms with van der Waals surface area (Å²) in [6, 6.07) is 27.0. The molecule has 0 aromatic heterocycles. The zero-order valence-electron chi connectivity index (χ0n) is 22.1. The van der Waals surface area contributed by atoms with Gasteiger partial charge in [-0.2, -0.15) is 12.1 Å². The Morgan fingerprint density at radius 1 is 0.714 bits per heavy atom. The van der Waals surface area contributed by atoms with Gasteiger partial charge in [-0.15, -0.1) is 80.7 Å². The van der Waals surface area contributed by atoms with Crippen LogP contribution >= 0.6 is 34.5 Å². The Kier molecular flexibility index (Phi) is 14.7. The van der Waals surface area contributed by atoms with Crippen molar-refractivity contribution in [3.63, 3.8) is 0 Å². The Hall–Kier alpha value is -0.186. The average Bonchev–Trinajstić information content (AvgIpc) is 3.43. The van der Waals surface area contributed by atoms with Crippen LogP contribution in [0.25, 0.3) is 21.5 Å². The van der Waals surface area contributed by atoms with Gasteiger partial charge in [0.1, 0.15) is 0 Å². The average molecular weight is 581 g/mol. The van der Waals surface area contributed by atoms with Crippen molar-refractivity contribution >= 4 is 66.6 Å². The molecular formula is C30H40Cl2P2Ti-2. The number of fused-ring (bicyclic) bond motifs is 2. The van der Waals surface area contributed by atoms with Crippen LogP contribution in [0.2, 0.25) is 0 Å². The van der Waals surface area contributed by atoms with Crippen LogP contribution < -0.4 is 10.6 Å². The number of rotatable bonds is 8. The second-order valence-corrected chi connectivity index (χ2v) is 17.8. The molecule has 0 fully saturated rings. The normalized spacial score (nSPS) is 11.2. The van der Waals surface area contributed by atoms with Crippen LogP contribution in [0, 0.1) is 0 Å². The summed E-state index contributed by atoms with van der Waals surface area (Å²) in [7, 11) is 9.85. The number of hydrogen-bond donors (Lipinski definition) is 0. The Labute approximate surface area is 233 Å². The van der Waals surface area contributed by atoms with E-state index in [4.69, 9.17) is 18.6 Å². The van der Waals surface area contributed by atoms with Crippen molar-refractivity contribution in [2.75, 3.05) is 12.3 Å². The van der Waals surface area contributed by atoms with Crippen molar-refractivity contribution in [3.8, 4) is 0 Å². The summed E-state index contributed by atoms with van der Waals surface area (Å²) in [5, 5.41) is 8.80. The number of halogens is 2. The molecule has 0 aliphatic rings. The summed E-state index contributed by atoms with van der Waals surface area (Å²) in [6.07, 6.45) is 5.40. The van der Waals surface area contributed by atoms with Crippen molar-refractivity contribution in [2.45, 2.75) is 65.7 Å². The summed E-state index contributed by atoms with van der Waals surface area (Å²) in [5.74, 6) is 0. The van der Waals surface area contributed by atoms with Crippen LogP contribution in [-0.2, 0) is 17.0 Å². The van der Waals surface area contributed by atoms with E-state index in [9.17, 15) is 0 Å². The predicted octanol–water partition coefficient (Wildman–Crippen LogP) is 10.3. The quantitative estimate of drug-likeness (QED) is 0.110. The van der Waals surface area contributed by atoms with Gasteiger partial charge in [-0.05, 0) is 23.6 Å². The first-order chi connectivity index (χ1) is 16.9. The molecule has 5 heteroatoms. The standard InChI is InChI=1S/2C15H20P.2ClH.Ti/c1-11(2)16(12(3)4)15-9-13-7-5-6-8-14(13)10-15;1-3-9-16(10-4-2)15-11-13-7-5-6-8-14(13)12-15;;;/h5-12H,1-4H3;5-8,11-12H,3-4,9-10H2,1-2H3;2*1H;/q2*-1;;;+2/p-2. The van der Waals surface area contributed by atoms with Crippen molar-refractivity contribution in [2.24, 2.45) is 0 Å². The molecule has 0 bridgehead atoms. The fourth-order valence-corrected chi connectivity index (χ4v) is 10.1. The molecule has 4 aromatic carbocycles. The van der Waals surface area contributed by atoms with Crippen molar-refractivity contribution < 1.29 is 17.0 Å². The van der Waals surface area contributed by atoms with E-state index in [2.05, 4.69) is 114 Å². The van der Waals surface area contributed by atoms with Gasteiger partial charge in [-0.3, -0.25) is 0 Å². The van der Waals surface area contributed by atoms with Crippen molar-refractivity contribution in [1.82, 2.24) is 0 Å². The van der Waals surface area contributed by atoms with Crippen LogP contribution in [0.4, 0.5) is 0 Å². The zero-order chi connectivity index (χ0) is 25.8. The van der Waals surface area contributed by atoms with Gasteiger partial charge in [0.05, 0.1) is 0 Å². The zero-order valence-corrected chi connectivity index (χ0v) is 26.9. The molecule has 4 rings (SSSR count). The fourth-order valence-electron chi connectivity index (χ4n) is 4.70. The number of benzene rings is 2. The SMILES string of the molecule is CC(C)P(c1cc2ccccc2[cH-]1)C(C)C.CCCP(CCC)c1cc2ccccc2[cH-]1.[Cl][Ti][Cl]. The molecule has 0 nitrogen and oxygen atoms in total.